The molecule has 3 atom stereocenters. The zero-order valence-electron chi connectivity index (χ0n) is 23.2. The molecule has 1 amide bonds. The van der Waals surface area contributed by atoms with Crippen LogP contribution in [0, 0.1) is 0 Å². The number of ether oxygens (including phenoxy) is 2. The molecule has 4 rings (SSSR count). The molecule has 0 saturated carbocycles. The highest BCUT2D eigenvalue weighted by Crippen LogP contribution is 2.52. The number of carbonyl (C=O) groups is 2. The highest BCUT2D eigenvalue weighted by atomic mass is 19.4. The molecule has 0 fully saturated rings. The topological polar surface area (TPSA) is 148 Å². The van der Waals surface area contributed by atoms with E-state index in [2.05, 4.69) is 9.97 Å². The van der Waals surface area contributed by atoms with Crippen molar-refractivity contribution in [3.63, 3.8) is 0 Å². The molecule has 4 N–H and O–H groups in total. The minimum atomic E-state index is -4.69. The van der Waals surface area contributed by atoms with Crippen LogP contribution in [-0.2, 0) is 17.4 Å². The van der Waals surface area contributed by atoms with Crippen LogP contribution in [0.3, 0.4) is 0 Å². The number of carboxylic acid groups (broad SMARTS) is 2. The molecule has 10 nitrogen and oxygen atoms in total. The second kappa shape index (κ2) is 11.8. The number of fused-ring (bicyclic) bond motifs is 1. The van der Waals surface area contributed by atoms with Gasteiger partial charge in [-0.3, -0.25) is 9.69 Å². The Hall–Kier alpha value is -4.39. The lowest BCUT2D eigenvalue weighted by molar-refractivity contribution is -0.138. The third-order valence-electron chi connectivity index (χ3n) is 7.58. The molecule has 224 valence electrons. The van der Waals surface area contributed by atoms with E-state index in [1.54, 1.807) is 25.1 Å². The normalized spacial score (nSPS) is 19.1. The summed E-state index contributed by atoms with van der Waals surface area (Å²) in [5, 5.41) is 19.2. The quantitative estimate of drug-likeness (QED) is 0.299. The first-order valence-electron chi connectivity index (χ1n) is 13.1. The van der Waals surface area contributed by atoms with Gasteiger partial charge in [0.25, 0.3) is 0 Å². The van der Waals surface area contributed by atoms with Crippen molar-refractivity contribution in [1.82, 2.24) is 9.97 Å². The number of aryl methyl sites for hydroxylation is 1. The maximum Gasteiger partial charge on any atom is 0.416 e. The van der Waals surface area contributed by atoms with Crippen LogP contribution in [-0.4, -0.2) is 52.1 Å². The fourth-order valence-electron chi connectivity index (χ4n) is 5.42. The zero-order valence-corrected chi connectivity index (χ0v) is 23.2. The SMILES string of the molecule is CC[C@]1(N)C[C@@H](C(c2cc(OC)cc(OC)c2)c2ncc(CCC(=O)O)cn2)c2cc(C(F)(F)F)ccc2N1C(=O)O. The Labute approximate surface area is 239 Å². The number of alkyl halides is 3. The van der Waals surface area contributed by atoms with E-state index in [-0.39, 0.29) is 42.8 Å². The molecule has 13 heteroatoms. The van der Waals surface area contributed by atoms with E-state index >= 15 is 0 Å². The zero-order chi connectivity index (χ0) is 30.8. The van der Waals surface area contributed by atoms with E-state index in [9.17, 15) is 27.9 Å². The number of nitrogens with zero attached hydrogens (tertiary/aromatic N) is 3. The number of hydrogen-bond donors (Lipinski definition) is 3. The Morgan fingerprint density at radius 3 is 2.21 bits per heavy atom. The first-order chi connectivity index (χ1) is 19.8. The van der Waals surface area contributed by atoms with Gasteiger partial charge in [0.1, 0.15) is 17.3 Å². The summed E-state index contributed by atoms with van der Waals surface area (Å²) < 4.78 is 52.7. The molecule has 0 aliphatic carbocycles. The second-order valence-electron chi connectivity index (χ2n) is 10.1. The van der Waals surface area contributed by atoms with Crippen LogP contribution < -0.4 is 20.1 Å². The molecule has 1 aliphatic heterocycles. The molecule has 1 aliphatic rings. The summed E-state index contributed by atoms with van der Waals surface area (Å²) in [5.74, 6) is -1.58. The summed E-state index contributed by atoms with van der Waals surface area (Å²) in [7, 11) is 2.92. The van der Waals surface area contributed by atoms with Crippen molar-refractivity contribution >= 4 is 17.7 Å². The van der Waals surface area contributed by atoms with Crippen molar-refractivity contribution in [2.45, 2.75) is 56.3 Å². The predicted octanol–water partition coefficient (Wildman–Crippen LogP) is 5.40. The second-order valence-corrected chi connectivity index (χ2v) is 10.1. The Balaban J connectivity index is 1.99. The van der Waals surface area contributed by atoms with E-state index in [0.29, 0.717) is 22.6 Å². The molecule has 0 saturated heterocycles. The number of methoxy groups -OCH3 is 2. The van der Waals surface area contributed by atoms with Crippen LogP contribution in [0.2, 0.25) is 0 Å². The average Bonchev–Trinajstić information content (AvgIpc) is 2.95. The lowest BCUT2D eigenvalue weighted by atomic mass is 9.71. The first-order valence-corrected chi connectivity index (χ1v) is 13.1. The Morgan fingerprint density at radius 1 is 1.10 bits per heavy atom. The number of aromatic nitrogens is 2. The number of nitrogens with two attached hydrogens (primary N) is 1. The van der Waals surface area contributed by atoms with E-state index in [0.717, 1.165) is 23.1 Å². The molecule has 0 spiro atoms. The van der Waals surface area contributed by atoms with Crippen LogP contribution in [0.4, 0.5) is 23.7 Å². The summed E-state index contributed by atoms with van der Waals surface area (Å²) in [4.78, 5) is 33.4. The van der Waals surface area contributed by atoms with Crippen molar-refractivity contribution in [3.05, 3.63) is 76.9 Å². The molecule has 0 radical (unpaired) electrons. The summed E-state index contributed by atoms with van der Waals surface area (Å²) in [6.07, 6.45) is -2.96. The van der Waals surface area contributed by atoms with Gasteiger partial charge in [0.15, 0.2) is 0 Å². The van der Waals surface area contributed by atoms with Gasteiger partial charge in [-0.15, -0.1) is 0 Å². The molecule has 1 aromatic heterocycles. The molecular formula is C29H31F3N4O6. The summed E-state index contributed by atoms with van der Waals surface area (Å²) in [6.45, 7) is 1.71. The van der Waals surface area contributed by atoms with Crippen molar-refractivity contribution in [1.29, 1.82) is 0 Å². The predicted molar refractivity (Wildman–Crippen MR) is 146 cm³/mol. The molecule has 42 heavy (non-hydrogen) atoms. The number of carboxylic acids is 1. The number of aliphatic carboxylic acids is 1. The molecule has 2 aromatic carbocycles. The number of hydrogen-bond acceptors (Lipinski definition) is 7. The van der Waals surface area contributed by atoms with Crippen LogP contribution in [0.15, 0.2) is 48.8 Å². The molecule has 2 heterocycles. The minimum absolute atomic E-state index is 0.0361. The third-order valence-corrected chi connectivity index (χ3v) is 7.58. The van der Waals surface area contributed by atoms with Crippen LogP contribution in [0.25, 0.3) is 0 Å². The fourth-order valence-corrected chi connectivity index (χ4v) is 5.42. The van der Waals surface area contributed by atoms with Gasteiger partial charge in [-0.05, 0) is 66.3 Å². The highest BCUT2D eigenvalue weighted by molar-refractivity contribution is 5.90. The van der Waals surface area contributed by atoms with Crippen molar-refractivity contribution in [2.24, 2.45) is 5.73 Å². The van der Waals surface area contributed by atoms with Gasteiger partial charge in [0, 0.05) is 30.8 Å². The van der Waals surface area contributed by atoms with Crippen LogP contribution in [0.1, 0.15) is 66.1 Å². The largest absolute Gasteiger partial charge is 0.497 e. The lowest BCUT2D eigenvalue weighted by Crippen LogP contribution is -2.61. The fraction of sp³-hybridized carbons (Fsp3) is 0.379. The number of anilines is 1. The van der Waals surface area contributed by atoms with Crippen molar-refractivity contribution in [3.8, 4) is 11.5 Å². The van der Waals surface area contributed by atoms with Gasteiger partial charge < -0.3 is 25.4 Å². The summed E-state index contributed by atoms with van der Waals surface area (Å²) in [6, 6.07) is 7.94. The van der Waals surface area contributed by atoms with Crippen LogP contribution >= 0.6 is 0 Å². The van der Waals surface area contributed by atoms with E-state index < -0.39 is 41.3 Å². The van der Waals surface area contributed by atoms with Gasteiger partial charge in [-0.2, -0.15) is 13.2 Å². The number of benzene rings is 2. The third kappa shape index (κ3) is 6.10. The van der Waals surface area contributed by atoms with Crippen LogP contribution in [0.5, 0.6) is 11.5 Å². The first kappa shape index (κ1) is 30.6. The van der Waals surface area contributed by atoms with Gasteiger partial charge in [0.2, 0.25) is 0 Å². The molecular weight excluding hydrogens is 557 g/mol. The van der Waals surface area contributed by atoms with Gasteiger partial charge in [0.05, 0.1) is 37.1 Å². The number of amides is 1. The lowest BCUT2D eigenvalue weighted by Gasteiger charge is -2.48. The Morgan fingerprint density at radius 2 is 1.71 bits per heavy atom. The monoisotopic (exact) mass is 588 g/mol. The average molecular weight is 589 g/mol. The number of halogens is 3. The maximum absolute atomic E-state index is 13.9. The summed E-state index contributed by atoms with van der Waals surface area (Å²) in [5.41, 5.74) is 5.56. The van der Waals surface area contributed by atoms with E-state index in [1.165, 1.54) is 26.6 Å². The summed E-state index contributed by atoms with van der Waals surface area (Å²) >= 11 is 0. The van der Waals surface area contributed by atoms with Crippen molar-refractivity contribution in [2.75, 3.05) is 19.1 Å². The van der Waals surface area contributed by atoms with Gasteiger partial charge in [-0.25, -0.2) is 14.8 Å². The van der Waals surface area contributed by atoms with Crippen molar-refractivity contribution < 1.29 is 42.4 Å². The van der Waals surface area contributed by atoms with E-state index in [1.807, 2.05) is 0 Å². The smallest absolute Gasteiger partial charge is 0.416 e. The molecule has 3 aromatic rings. The highest BCUT2D eigenvalue weighted by Gasteiger charge is 2.48. The molecule has 1 unspecified atom stereocenters. The van der Waals surface area contributed by atoms with Gasteiger partial charge >= 0.3 is 18.2 Å². The minimum Gasteiger partial charge on any atom is -0.497 e. The maximum atomic E-state index is 13.9. The van der Waals surface area contributed by atoms with E-state index in [4.69, 9.17) is 20.3 Å². The van der Waals surface area contributed by atoms with Gasteiger partial charge in [-0.1, -0.05) is 6.92 Å². The number of rotatable bonds is 9. The Kier molecular flexibility index (Phi) is 8.62. The molecule has 0 bridgehead atoms. The standard InChI is InChI=1S/C29H31F3N4O6/c1-4-28(33)13-22(21-11-18(29(30,31)32)6-7-23(21)36(28)27(39)40)25(17-9-19(41-2)12-20(10-17)42-3)26-34-14-16(15-35-26)5-8-24(37)38/h6-7,9-12,14-15,22,25H,4-5,8,13,33H2,1-3H3,(H,37,38)(H,39,40)/t22-,25?,28-/m1/s1. The Bertz CT molecular complexity index is 1440.